The lowest BCUT2D eigenvalue weighted by Gasteiger charge is -2.15. The van der Waals surface area contributed by atoms with E-state index in [1.54, 1.807) is 24.3 Å². The molecule has 4 aromatic rings. The van der Waals surface area contributed by atoms with Crippen LogP contribution < -0.4 is 10.3 Å². The van der Waals surface area contributed by atoms with Crippen molar-refractivity contribution in [2.24, 2.45) is 0 Å². The first-order chi connectivity index (χ1) is 16.1. The lowest BCUT2D eigenvalue weighted by atomic mass is 9.97. The molecule has 34 heavy (non-hydrogen) atoms. The Hall–Kier alpha value is -3.98. The molecule has 0 spiro atoms. The third-order valence-electron chi connectivity index (χ3n) is 4.75. The molecule has 0 saturated carbocycles. The third kappa shape index (κ3) is 5.15. The SMILES string of the molecule is O=C(/C=C/c1cncc(F)c1)c1cc(-c2cc(=O)[nH]c3ccccc23)c(Cl)cc1OC(F)(F)F. The van der Waals surface area contributed by atoms with Gasteiger partial charge in [0.2, 0.25) is 5.56 Å². The summed E-state index contributed by atoms with van der Waals surface area (Å²) in [5.74, 6) is -2.33. The molecule has 0 aliphatic carbocycles. The van der Waals surface area contributed by atoms with Gasteiger partial charge in [0, 0.05) is 34.8 Å². The molecule has 0 atom stereocenters. The van der Waals surface area contributed by atoms with Gasteiger partial charge in [-0.2, -0.15) is 0 Å². The number of rotatable bonds is 5. The van der Waals surface area contributed by atoms with Gasteiger partial charge in [0.1, 0.15) is 11.6 Å². The highest BCUT2D eigenvalue weighted by atomic mass is 35.5. The van der Waals surface area contributed by atoms with Gasteiger partial charge < -0.3 is 9.72 Å². The van der Waals surface area contributed by atoms with Crippen LogP contribution in [0.25, 0.3) is 28.1 Å². The molecule has 172 valence electrons. The van der Waals surface area contributed by atoms with Crippen molar-refractivity contribution in [2.45, 2.75) is 6.36 Å². The second-order valence-electron chi connectivity index (χ2n) is 7.10. The Balaban J connectivity index is 1.87. The minimum absolute atomic E-state index is 0.155. The van der Waals surface area contributed by atoms with E-state index in [0.29, 0.717) is 16.5 Å². The normalized spacial score (nSPS) is 11.8. The van der Waals surface area contributed by atoms with Gasteiger partial charge >= 0.3 is 6.36 Å². The Bertz CT molecular complexity index is 1500. The first-order valence-corrected chi connectivity index (χ1v) is 10.0. The number of carbonyl (C=O) groups excluding carboxylic acids is 1. The number of hydrogen-bond donors (Lipinski definition) is 1. The minimum Gasteiger partial charge on any atom is -0.405 e. The fourth-order valence-corrected chi connectivity index (χ4v) is 3.63. The fourth-order valence-electron chi connectivity index (χ4n) is 3.37. The fraction of sp³-hybridized carbons (Fsp3) is 0.0417. The highest BCUT2D eigenvalue weighted by Gasteiger charge is 2.33. The zero-order valence-corrected chi connectivity index (χ0v) is 17.7. The predicted octanol–water partition coefficient (Wildman–Crippen LogP) is 6.18. The summed E-state index contributed by atoms with van der Waals surface area (Å²) < 4.78 is 56.4. The summed E-state index contributed by atoms with van der Waals surface area (Å²) in [6, 6.07) is 11.1. The molecular weight excluding hydrogens is 476 g/mol. The summed E-state index contributed by atoms with van der Waals surface area (Å²) in [6.07, 6.45) is -0.691. The van der Waals surface area contributed by atoms with Crippen molar-refractivity contribution < 1.29 is 27.1 Å². The minimum atomic E-state index is -5.09. The molecule has 0 bridgehead atoms. The average molecular weight is 489 g/mol. The number of fused-ring (bicyclic) bond motifs is 1. The van der Waals surface area contributed by atoms with Crippen molar-refractivity contribution in [1.82, 2.24) is 9.97 Å². The number of hydrogen-bond acceptors (Lipinski definition) is 4. The van der Waals surface area contributed by atoms with Gasteiger partial charge in [0.05, 0.1) is 16.8 Å². The van der Waals surface area contributed by atoms with Crippen molar-refractivity contribution in [3.05, 3.63) is 99.3 Å². The van der Waals surface area contributed by atoms with Crippen LogP contribution >= 0.6 is 11.6 Å². The molecule has 0 aliphatic heterocycles. The second-order valence-corrected chi connectivity index (χ2v) is 7.51. The summed E-state index contributed by atoms with van der Waals surface area (Å²) in [5, 5.41) is 0.401. The van der Waals surface area contributed by atoms with Gasteiger partial charge in [0.25, 0.3) is 0 Å². The third-order valence-corrected chi connectivity index (χ3v) is 5.07. The van der Waals surface area contributed by atoms with Crippen LogP contribution in [-0.2, 0) is 0 Å². The topological polar surface area (TPSA) is 72.0 Å². The maximum atomic E-state index is 13.3. The largest absolute Gasteiger partial charge is 0.573 e. The molecule has 0 aliphatic rings. The Morgan fingerprint density at radius 2 is 1.82 bits per heavy atom. The van der Waals surface area contributed by atoms with Crippen molar-refractivity contribution in [3.8, 4) is 16.9 Å². The van der Waals surface area contributed by atoms with E-state index in [9.17, 15) is 27.2 Å². The van der Waals surface area contributed by atoms with Crippen LogP contribution in [0.5, 0.6) is 5.75 Å². The molecule has 2 aromatic heterocycles. The standard InChI is InChI=1S/C24H13ClF4N2O3/c25-19-10-22(34-24(27,28)29)18(21(32)6-5-13-7-14(26)12-30-11-13)8-17(19)16-9-23(33)31-20-4-2-1-3-15(16)20/h1-12H,(H,31,33)/b6-5+. The highest BCUT2D eigenvalue weighted by Crippen LogP contribution is 2.38. The molecule has 2 aromatic carbocycles. The molecule has 0 radical (unpaired) electrons. The molecule has 2 heterocycles. The lowest BCUT2D eigenvalue weighted by molar-refractivity contribution is -0.274. The summed E-state index contributed by atoms with van der Waals surface area (Å²) in [4.78, 5) is 31.3. The monoisotopic (exact) mass is 488 g/mol. The maximum absolute atomic E-state index is 13.3. The number of nitrogens with one attached hydrogen (secondary N) is 1. The maximum Gasteiger partial charge on any atom is 0.573 e. The Morgan fingerprint density at radius 1 is 1.06 bits per heavy atom. The lowest BCUT2D eigenvalue weighted by Crippen LogP contribution is -2.19. The molecule has 0 amide bonds. The van der Waals surface area contributed by atoms with Gasteiger partial charge in [-0.05, 0) is 41.5 Å². The summed E-state index contributed by atoms with van der Waals surface area (Å²) >= 11 is 6.27. The van der Waals surface area contributed by atoms with E-state index in [1.807, 2.05) is 0 Å². The Morgan fingerprint density at radius 3 is 2.56 bits per heavy atom. The zero-order chi connectivity index (χ0) is 24.5. The highest BCUT2D eigenvalue weighted by molar-refractivity contribution is 6.34. The van der Waals surface area contributed by atoms with Gasteiger partial charge in [0.15, 0.2) is 5.78 Å². The number of pyridine rings is 2. The summed E-state index contributed by atoms with van der Waals surface area (Å²) in [7, 11) is 0. The number of carbonyl (C=O) groups is 1. The second kappa shape index (κ2) is 9.11. The van der Waals surface area contributed by atoms with E-state index in [4.69, 9.17) is 11.6 Å². The number of ketones is 1. The van der Waals surface area contributed by atoms with Crippen LogP contribution in [0.15, 0.2) is 71.8 Å². The van der Waals surface area contributed by atoms with Gasteiger partial charge in [-0.1, -0.05) is 29.8 Å². The molecule has 0 saturated heterocycles. The van der Waals surface area contributed by atoms with Crippen molar-refractivity contribution >= 4 is 34.4 Å². The quantitative estimate of drug-likeness (QED) is 0.207. The van der Waals surface area contributed by atoms with Crippen LogP contribution in [0.4, 0.5) is 17.6 Å². The van der Waals surface area contributed by atoms with E-state index in [0.717, 1.165) is 30.5 Å². The number of nitrogens with zero attached hydrogens (tertiary/aromatic N) is 1. The number of halogens is 5. The van der Waals surface area contributed by atoms with E-state index in [2.05, 4.69) is 14.7 Å². The molecule has 0 fully saturated rings. The average Bonchev–Trinajstić information content (AvgIpc) is 2.76. The predicted molar refractivity (Wildman–Crippen MR) is 119 cm³/mol. The van der Waals surface area contributed by atoms with Crippen LogP contribution in [0.3, 0.4) is 0 Å². The summed E-state index contributed by atoms with van der Waals surface area (Å²) in [6.45, 7) is 0. The van der Waals surface area contributed by atoms with E-state index < -0.39 is 34.8 Å². The van der Waals surface area contributed by atoms with Crippen molar-refractivity contribution in [3.63, 3.8) is 0 Å². The van der Waals surface area contributed by atoms with Crippen molar-refractivity contribution in [2.75, 3.05) is 0 Å². The number of alkyl halides is 3. The number of para-hydroxylation sites is 1. The van der Waals surface area contributed by atoms with Crippen LogP contribution in [0, 0.1) is 5.82 Å². The van der Waals surface area contributed by atoms with Crippen molar-refractivity contribution in [1.29, 1.82) is 0 Å². The number of aromatic nitrogens is 2. The van der Waals surface area contributed by atoms with Crippen LogP contribution in [-0.4, -0.2) is 22.1 Å². The summed E-state index contributed by atoms with van der Waals surface area (Å²) in [5.41, 5.74) is 0.246. The van der Waals surface area contributed by atoms with Crippen LogP contribution in [0.1, 0.15) is 15.9 Å². The smallest absolute Gasteiger partial charge is 0.405 e. The van der Waals surface area contributed by atoms with Gasteiger partial charge in [-0.3, -0.25) is 14.6 Å². The number of H-pyrrole nitrogens is 1. The molecule has 10 heteroatoms. The van der Waals surface area contributed by atoms with Gasteiger partial charge in [-0.15, -0.1) is 13.2 Å². The van der Waals surface area contributed by atoms with E-state index >= 15 is 0 Å². The molecule has 5 nitrogen and oxygen atoms in total. The molecular formula is C24H13ClF4N2O3. The number of benzene rings is 2. The first kappa shape index (κ1) is 23.2. The zero-order valence-electron chi connectivity index (χ0n) is 17.0. The number of ether oxygens (including phenoxy) is 1. The van der Waals surface area contributed by atoms with E-state index in [1.165, 1.54) is 18.3 Å². The van der Waals surface area contributed by atoms with Gasteiger partial charge in [-0.25, -0.2) is 4.39 Å². The number of allylic oxidation sites excluding steroid dienone is 1. The molecule has 4 rings (SSSR count). The molecule has 1 N–H and O–H groups in total. The number of aromatic amines is 1. The Labute approximate surface area is 194 Å². The first-order valence-electron chi connectivity index (χ1n) is 9.65. The van der Waals surface area contributed by atoms with E-state index in [-0.39, 0.29) is 16.1 Å². The molecule has 0 unspecified atom stereocenters. The van der Waals surface area contributed by atoms with Crippen LogP contribution in [0.2, 0.25) is 5.02 Å². The Kier molecular flexibility index (Phi) is 6.21.